The fourth-order valence-corrected chi connectivity index (χ4v) is 3.41. The van der Waals surface area contributed by atoms with Crippen LogP contribution in [0, 0.1) is 12.8 Å². The molecule has 1 aliphatic carbocycles. The fraction of sp³-hybridized carbons (Fsp3) is 0.333. The summed E-state index contributed by atoms with van der Waals surface area (Å²) in [5.74, 6) is 0.468. The predicted molar refractivity (Wildman–Crippen MR) is 101 cm³/mol. The number of H-pyrrole nitrogens is 1. The molecule has 5 heteroatoms. The minimum absolute atomic E-state index is 0.00379. The number of hydrogen-bond donors (Lipinski definition) is 2. The van der Waals surface area contributed by atoms with Crippen molar-refractivity contribution in [3.63, 3.8) is 0 Å². The van der Waals surface area contributed by atoms with Gasteiger partial charge in [-0.2, -0.15) is 5.10 Å². The van der Waals surface area contributed by atoms with Crippen molar-refractivity contribution in [1.29, 1.82) is 0 Å². The van der Waals surface area contributed by atoms with Gasteiger partial charge in [-0.3, -0.25) is 9.89 Å². The average molecular weight is 349 g/mol. The van der Waals surface area contributed by atoms with E-state index in [1.54, 1.807) is 24.1 Å². The molecule has 0 aliphatic heterocycles. The Morgan fingerprint density at radius 3 is 2.85 bits per heavy atom. The van der Waals surface area contributed by atoms with Gasteiger partial charge in [0, 0.05) is 31.5 Å². The highest BCUT2D eigenvalue weighted by Crippen LogP contribution is 2.31. The summed E-state index contributed by atoms with van der Waals surface area (Å²) in [5, 5.41) is 18.6. The lowest BCUT2D eigenvalue weighted by Crippen LogP contribution is -2.28. The van der Waals surface area contributed by atoms with Gasteiger partial charge in [-0.1, -0.05) is 29.8 Å². The molecule has 0 radical (unpaired) electrons. The van der Waals surface area contributed by atoms with E-state index < -0.39 is 0 Å². The minimum Gasteiger partial charge on any atom is -0.507 e. The summed E-state index contributed by atoms with van der Waals surface area (Å²) in [6.07, 6.45) is 3.05. The van der Waals surface area contributed by atoms with Gasteiger partial charge in [0.2, 0.25) is 0 Å². The zero-order valence-electron chi connectivity index (χ0n) is 15.1. The lowest BCUT2D eigenvalue weighted by atomic mass is 10.0. The van der Waals surface area contributed by atoms with Crippen LogP contribution in [-0.2, 0) is 6.42 Å². The zero-order valence-corrected chi connectivity index (χ0v) is 15.1. The van der Waals surface area contributed by atoms with E-state index in [1.807, 2.05) is 6.07 Å². The summed E-state index contributed by atoms with van der Waals surface area (Å²) in [6.45, 7) is 2.81. The first-order valence-electron chi connectivity index (χ1n) is 9.02. The molecule has 2 N–H and O–H groups in total. The van der Waals surface area contributed by atoms with Gasteiger partial charge >= 0.3 is 0 Å². The SMILES string of the molecule is Cc1cccc(Cc2n[nH]c3cc(O)c(C(=O)N(C)CC4CC4)cc23)c1. The number of benzene rings is 2. The summed E-state index contributed by atoms with van der Waals surface area (Å²) >= 11 is 0. The quantitative estimate of drug-likeness (QED) is 0.739. The van der Waals surface area contributed by atoms with Gasteiger partial charge in [0.1, 0.15) is 5.75 Å². The standard InChI is InChI=1S/C21H23N3O2/c1-13-4-3-5-15(8-13)9-18-16-10-17(20(25)11-19(16)23-22-18)21(26)24(2)12-14-6-7-14/h3-5,8,10-11,14,25H,6-7,9,12H2,1-2H3,(H,22,23). The molecule has 1 fully saturated rings. The Labute approximate surface area is 152 Å². The van der Waals surface area contributed by atoms with E-state index in [0.717, 1.165) is 23.1 Å². The second kappa shape index (κ2) is 6.48. The second-order valence-corrected chi connectivity index (χ2v) is 7.38. The van der Waals surface area contributed by atoms with E-state index in [9.17, 15) is 9.90 Å². The maximum Gasteiger partial charge on any atom is 0.257 e. The number of nitrogens with zero attached hydrogens (tertiary/aromatic N) is 2. The number of aryl methyl sites for hydroxylation is 1. The van der Waals surface area contributed by atoms with Crippen LogP contribution in [0.25, 0.3) is 10.9 Å². The van der Waals surface area contributed by atoms with Gasteiger partial charge in [0.05, 0.1) is 16.8 Å². The van der Waals surface area contributed by atoms with Crippen molar-refractivity contribution in [3.05, 3.63) is 58.8 Å². The molecule has 1 amide bonds. The monoisotopic (exact) mass is 349 g/mol. The Hall–Kier alpha value is -2.82. The molecule has 4 rings (SSSR count). The van der Waals surface area contributed by atoms with Crippen LogP contribution in [-0.4, -0.2) is 39.7 Å². The molecule has 1 aromatic heterocycles. The Morgan fingerprint density at radius 1 is 1.31 bits per heavy atom. The molecule has 1 heterocycles. The molecule has 0 unspecified atom stereocenters. The van der Waals surface area contributed by atoms with Crippen LogP contribution in [0.2, 0.25) is 0 Å². The molecule has 0 saturated heterocycles. The van der Waals surface area contributed by atoms with Crippen molar-refractivity contribution in [3.8, 4) is 5.75 Å². The van der Waals surface area contributed by atoms with Crippen LogP contribution in [0.4, 0.5) is 0 Å². The summed E-state index contributed by atoms with van der Waals surface area (Å²) < 4.78 is 0. The molecule has 3 aromatic rings. The third kappa shape index (κ3) is 3.29. The molecule has 0 bridgehead atoms. The summed E-state index contributed by atoms with van der Waals surface area (Å²) in [5.41, 5.74) is 4.34. The van der Waals surface area contributed by atoms with Crippen molar-refractivity contribution >= 4 is 16.8 Å². The molecule has 0 spiro atoms. The topological polar surface area (TPSA) is 69.2 Å². The van der Waals surface area contributed by atoms with Crippen LogP contribution in [0.3, 0.4) is 0 Å². The summed E-state index contributed by atoms with van der Waals surface area (Å²) in [6, 6.07) is 11.7. The number of phenols is 1. The van der Waals surface area contributed by atoms with E-state index in [0.29, 0.717) is 17.9 Å². The van der Waals surface area contributed by atoms with Crippen LogP contribution in [0.5, 0.6) is 5.75 Å². The van der Waals surface area contributed by atoms with Crippen molar-refractivity contribution < 1.29 is 9.90 Å². The number of fused-ring (bicyclic) bond motifs is 1. The first-order valence-corrected chi connectivity index (χ1v) is 9.02. The molecule has 26 heavy (non-hydrogen) atoms. The molecule has 0 atom stereocenters. The maximum atomic E-state index is 12.7. The van der Waals surface area contributed by atoms with Crippen molar-refractivity contribution in [2.75, 3.05) is 13.6 Å². The lowest BCUT2D eigenvalue weighted by Gasteiger charge is -2.17. The van der Waals surface area contributed by atoms with Gasteiger partial charge in [-0.05, 0) is 37.3 Å². The van der Waals surface area contributed by atoms with Gasteiger partial charge in [-0.25, -0.2) is 0 Å². The number of carbonyl (C=O) groups excluding carboxylic acids is 1. The fourth-order valence-electron chi connectivity index (χ4n) is 3.41. The van der Waals surface area contributed by atoms with Gasteiger partial charge in [-0.15, -0.1) is 0 Å². The Bertz CT molecular complexity index is 973. The molecular formula is C21H23N3O2. The van der Waals surface area contributed by atoms with Gasteiger partial charge < -0.3 is 10.0 Å². The largest absolute Gasteiger partial charge is 0.507 e. The minimum atomic E-state index is -0.140. The smallest absolute Gasteiger partial charge is 0.257 e. The van der Waals surface area contributed by atoms with Gasteiger partial charge in [0.25, 0.3) is 5.91 Å². The maximum absolute atomic E-state index is 12.7. The van der Waals surface area contributed by atoms with E-state index >= 15 is 0 Å². The Kier molecular flexibility index (Phi) is 4.15. The summed E-state index contributed by atoms with van der Waals surface area (Å²) in [7, 11) is 1.80. The predicted octanol–water partition coefficient (Wildman–Crippen LogP) is 3.65. The normalized spacial score (nSPS) is 13.9. The second-order valence-electron chi connectivity index (χ2n) is 7.38. The molecule has 2 aromatic carbocycles. The van der Waals surface area contributed by atoms with E-state index in [-0.39, 0.29) is 11.7 Å². The van der Waals surface area contributed by atoms with E-state index in [2.05, 4.69) is 35.3 Å². The highest BCUT2D eigenvalue weighted by Gasteiger charge is 2.26. The lowest BCUT2D eigenvalue weighted by molar-refractivity contribution is 0.0786. The number of aromatic amines is 1. The average Bonchev–Trinajstić information content (AvgIpc) is 3.34. The van der Waals surface area contributed by atoms with Crippen LogP contribution in [0.15, 0.2) is 36.4 Å². The number of phenolic OH excluding ortho intramolecular Hbond substituents is 1. The number of rotatable bonds is 5. The van der Waals surface area contributed by atoms with Crippen molar-refractivity contribution in [2.45, 2.75) is 26.2 Å². The molecule has 5 nitrogen and oxygen atoms in total. The number of hydrogen-bond acceptors (Lipinski definition) is 3. The van der Waals surface area contributed by atoms with Gasteiger partial charge in [0.15, 0.2) is 0 Å². The molecule has 1 aliphatic rings. The molecule has 134 valence electrons. The zero-order chi connectivity index (χ0) is 18.3. The molecule has 1 saturated carbocycles. The highest BCUT2D eigenvalue weighted by molar-refractivity contribution is 6.01. The van der Waals surface area contributed by atoms with Crippen LogP contribution >= 0.6 is 0 Å². The van der Waals surface area contributed by atoms with E-state index in [1.165, 1.54) is 24.0 Å². The number of nitrogens with one attached hydrogen (secondary N) is 1. The summed E-state index contributed by atoms with van der Waals surface area (Å²) in [4.78, 5) is 14.5. The van der Waals surface area contributed by atoms with Crippen molar-refractivity contribution in [1.82, 2.24) is 15.1 Å². The Balaban J connectivity index is 1.66. The van der Waals surface area contributed by atoms with Crippen LogP contribution in [0.1, 0.15) is 40.0 Å². The third-order valence-electron chi connectivity index (χ3n) is 5.02. The number of carbonyl (C=O) groups is 1. The number of aromatic nitrogens is 2. The number of aromatic hydroxyl groups is 1. The van der Waals surface area contributed by atoms with Crippen LogP contribution < -0.4 is 0 Å². The third-order valence-corrected chi connectivity index (χ3v) is 5.02. The molecular weight excluding hydrogens is 326 g/mol. The highest BCUT2D eigenvalue weighted by atomic mass is 16.3. The first kappa shape index (κ1) is 16.6. The van der Waals surface area contributed by atoms with E-state index in [4.69, 9.17) is 0 Å². The number of amides is 1. The first-order chi connectivity index (χ1) is 12.5. The Morgan fingerprint density at radius 2 is 2.12 bits per heavy atom. The van der Waals surface area contributed by atoms with Crippen molar-refractivity contribution in [2.24, 2.45) is 5.92 Å².